The molecule has 4 heteroatoms. The molecule has 0 bridgehead atoms. The van der Waals surface area contributed by atoms with Crippen molar-refractivity contribution in [3.63, 3.8) is 0 Å². The molecule has 26 heavy (non-hydrogen) atoms. The van der Waals surface area contributed by atoms with Gasteiger partial charge in [0.05, 0.1) is 5.52 Å². The van der Waals surface area contributed by atoms with Crippen molar-refractivity contribution in [2.24, 2.45) is 0 Å². The molecule has 130 valence electrons. The summed E-state index contributed by atoms with van der Waals surface area (Å²) in [5.41, 5.74) is 4.52. The molecule has 2 heterocycles. The van der Waals surface area contributed by atoms with Gasteiger partial charge in [-0.05, 0) is 47.7 Å². The van der Waals surface area contributed by atoms with E-state index in [0.29, 0.717) is 6.54 Å². The molecule has 1 atom stereocenters. The van der Waals surface area contributed by atoms with Crippen molar-refractivity contribution in [3.05, 3.63) is 73.2 Å². The molecule has 1 aliphatic heterocycles. The van der Waals surface area contributed by atoms with Crippen LogP contribution in [0.15, 0.2) is 67.6 Å². The highest BCUT2D eigenvalue weighted by molar-refractivity contribution is 5.88. The first-order valence-electron chi connectivity index (χ1n) is 8.96. The fourth-order valence-electron chi connectivity index (χ4n) is 3.80. The van der Waals surface area contributed by atoms with Crippen molar-refractivity contribution in [2.45, 2.75) is 18.8 Å². The van der Waals surface area contributed by atoms with E-state index in [1.165, 1.54) is 17.2 Å². The summed E-state index contributed by atoms with van der Waals surface area (Å²) >= 11 is 0. The van der Waals surface area contributed by atoms with E-state index in [-0.39, 0.29) is 11.8 Å². The number of fused-ring (bicyclic) bond motifs is 1. The fourth-order valence-corrected chi connectivity index (χ4v) is 3.80. The molecule has 0 saturated carbocycles. The molecule has 1 fully saturated rings. The van der Waals surface area contributed by atoms with Crippen LogP contribution in [0.3, 0.4) is 0 Å². The molecule has 0 aliphatic carbocycles. The first-order chi connectivity index (χ1) is 12.8. The summed E-state index contributed by atoms with van der Waals surface area (Å²) in [6.07, 6.45) is 6.92. The number of aromatic nitrogens is 2. The number of carbonyl (C=O) groups is 1. The van der Waals surface area contributed by atoms with Gasteiger partial charge in [0, 0.05) is 30.6 Å². The maximum Gasteiger partial charge on any atom is 0.245 e. The Kier molecular flexibility index (Phi) is 4.48. The lowest BCUT2D eigenvalue weighted by Gasteiger charge is -2.33. The Morgan fingerprint density at radius 1 is 1.19 bits per heavy atom. The molecule has 0 N–H and O–H groups in total. The van der Waals surface area contributed by atoms with Crippen molar-refractivity contribution in [1.29, 1.82) is 0 Å². The van der Waals surface area contributed by atoms with E-state index in [2.05, 4.69) is 40.8 Å². The first-order valence-corrected chi connectivity index (χ1v) is 8.96. The second-order valence-electron chi connectivity index (χ2n) is 6.72. The van der Waals surface area contributed by atoms with E-state index in [1.54, 1.807) is 6.33 Å². The van der Waals surface area contributed by atoms with Crippen LogP contribution in [0.5, 0.6) is 0 Å². The number of carbonyl (C=O) groups excluding carboxylic acids is 1. The molecule has 1 aromatic heterocycles. The zero-order valence-corrected chi connectivity index (χ0v) is 14.6. The number of hydrogen-bond acceptors (Lipinski definition) is 3. The van der Waals surface area contributed by atoms with Gasteiger partial charge in [-0.2, -0.15) is 0 Å². The molecule has 2 aromatic carbocycles. The highest BCUT2D eigenvalue weighted by atomic mass is 16.2. The average molecular weight is 343 g/mol. The monoisotopic (exact) mass is 343 g/mol. The van der Waals surface area contributed by atoms with E-state index in [1.807, 2.05) is 29.3 Å². The summed E-state index contributed by atoms with van der Waals surface area (Å²) in [6.45, 7) is 5.13. The van der Waals surface area contributed by atoms with Crippen LogP contribution >= 0.6 is 0 Å². The minimum absolute atomic E-state index is 0.00726. The molecule has 4 rings (SSSR count). The van der Waals surface area contributed by atoms with E-state index in [9.17, 15) is 4.79 Å². The molecule has 1 saturated heterocycles. The Labute approximate surface area is 153 Å². The third-order valence-corrected chi connectivity index (χ3v) is 5.09. The maximum absolute atomic E-state index is 12.1. The number of rotatable bonds is 3. The molecule has 1 unspecified atom stereocenters. The molecule has 0 spiro atoms. The van der Waals surface area contributed by atoms with Crippen molar-refractivity contribution >= 4 is 16.8 Å². The van der Waals surface area contributed by atoms with Gasteiger partial charge in [0.15, 0.2) is 0 Å². The highest BCUT2D eigenvalue weighted by Gasteiger charge is 2.25. The van der Waals surface area contributed by atoms with Crippen molar-refractivity contribution in [2.75, 3.05) is 13.1 Å². The van der Waals surface area contributed by atoms with Gasteiger partial charge >= 0.3 is 0 Å². The predicted molar refractivity (Wildman–Crippen MR) is 104 cm³/mol. The summed E-state index contributed by atoms with van der Waals surface area (Å²) in [7, 11) is 0. The minimum Gasteiger partial charge on any atom is -0.339 e. The Morgan fingerprint density at radius 3 is 2.85 bits per heavy atom. The van der Waals surface area contributed by atoms with Gasteiger partial charge in [0.25, 0.3) is 0 Å². The van der Waals surface area contributed by atoms with Crippen molar-refractivity contribution < 1.29 is 4.79 Å². The van der Waals surface area contributed by atoms with Crippen LogP contribution in [0.4, 0.5) is 0 Å². The van der Waals surface area contributed by atoms with Gasteiger partial charge in [-0.25, -0.2) is 9.97 Å². The fraction of sp³-hybridized carbons (Fsp3) is 0.227. The molecule has 1 aliphatic rings. The number of benzene rings is 2. The zero-order chi connectivity index (χ0) is 17.9. The Morgan fingerprint density at radius 2 is 2.04 bits per heavy atom. The Balaban J connectivity index is 1.80. The lowest BCUT2D eigenvalue weighted by molar-refractivity contribution is -0.127. The molecule has 4 nitrogen and oxygen atoms in total. The summed E-state index contributed by atoms with van der Waals surface area (Å²) in [6, 6.07) is 14.7. The van der Waals surface area contributed by atoms with E-state index < -0.39 is 0 Å². The maximum atomic E-state index is 12.1. The van der Waals surface area contributed by atoms with Crippen LogP contribution in [0.2, 0.25) is 0 Å². The zero-order valence-electron chi connectivity index (χ0n) is 14.6. The van der Waals surface area contributed by atoms with Gasteiger partial charge in [0.1, 0.15) is 6.33 Å². The summed E-state index contributed by atoms with van der Waals surface area (Å²) in [5.74, 6) is 0.279. The van der Waals surface area contributed by atoms with Crippen LogP contribution in [-0.2, 0) is 4.79 Å². The van der Waals surface area contributed by atoms with Crippen LogP contribution < -0.4 is 0 Å². The van der Waals surface area contributed by atoms with Gasteiger partial charge in [-0.15, -0.1) is 0 Å². The standard InChI is InChI=1S/C22H21N3O/c1-2-21(26)25-10-6-9-17(14-25)20-12-18(16-7-4-3-5-8-16)11-19-13-23-15-24-22(19)20/h2-5,7-8,11-13,15,17H,1,6,9-10,14H2. The second-order valence-corrected chi connectivity index (χ2v) is 6.72. The SMILES string of the molecule is C=CC(=O)N1CCCC(c2cc(-c3ccccc3)cc3cncnc23)C1. The Hall–Kier alpha value is -3.01. The third kappa shape index (κ3) is 3.10. The van der Waals surface area contributed by atoms with Crippen LogP contribution in [0.1, 0.15) is 24.3 Å². The highest BCUT2D eigenvalue weighted by Crippen LogP contribution is 2.34. The topological polar surface area (TPSA) is 46.1 Å². The van der Waals surface area contributed by atoms with Crippen molar-refractivity contribution in [3.8, 4) is 11.1 Å². The molecule has 0 radical (unpaired) electrons. The Bertz CT molecular complexity index is 952. The second kappa shape index (κ2) is 7.08. The van der Waals surface area contributed by atoms with E-state index >= 15 is 0 Å². The lowest BCUT2D eigenvalue weighted by Crippen LogP contribution is -2.38. The predicted octanol–water partition coefficient (Wildman–Crippen LogP) is 4.19. The average Bonchev–Trinajstić information content (AvgIpc) is 2.73. The molecule has 3 aromatic rings. The van der Waals surface area contributed by atoms with Gasteiger partial charge in [-0.1, -0.05) is 36.9 Å². The molecular formula is C22H21N3O. The largest absolute Gasteiger partial charge is 0.339 e. The summed E-state index contributed by atoms with van der Waals surface area (Å²) in [5, 5.41) is 1.04. The van der Waals surface area contributed by atoms with Gasteiger partial charge < -0.3 is 4.90 Å². The summed E-state index contributed by atoms with van der Waals surface area (Å²) < 4.78 is 0. The number of piperidine rings is 1. The number of likely N-dealkylation sites (tertiary alicyclic amines) is 1. The molecule has 1 amide bonds. The van der Waals surface area contributed by atoms with Crippen LogP contribution in [0.25, 0.3) is 22.0 Å². The quantitative estimate of drug-likeness (QED) is 0.670. The number of nitrogens with zero attached hydrogens (tertiary/aromatic N) is 3. The van der Waals surface area contributed by atoms with E-state index in [0.717, 1.165) is 35.9 Å². The first kappa shape index (κ1) is 16.5. The van der Waals surface area contributed by atoms with E-state index in [4.69, 9.17) is 0 Å². The van der Waals surface area contributed by atoms with Gasteiger partial charge in [0.2, 0.25) is 5.91 Å². The smallest absolute Gasteiger partial charge is 0.245 e. The minimum atomic E-state index is 0.00726. The van der Waals surface area contributed by atoms with Crippen LogP contribution in [-0.4, -0.2) is 33.9 Å². The van der Waals surface area contributed by atoms with Gasteiger partial charge in [-0.3, -0.25) is 4.79 Å². The van der Waals surface area contributed by atoms with Crippen LogP contribution in [0, 0.1) is 0 Å². The normalized spacial score (nSPS) is 17.2. The number of hydrogen-bond donors (Lipinski definition) is 0. The lowest BCUT2D eigenvalue weighted by atomic mass is 9.87. The third-order valence-electron chi connectivity index (χ3n) is 5.09. The van der Waals surface area contributed by atoms with Crippen molar-refractivity contribution in [1.82, 2.24) is 14.9 Å². The number of amides is 1. The summed E-state index contributed by atoms with van der Waals surface area (Å²) in [4.78, 5) is 22.7. The molecular weight excluding hydrogens is 322 g/mol.